The molecule has 0 aliphatic heterocycles. The maximum atomic E-state index is 12.7. The van der Waals surface area contributed by atoms with Crippen LogP contribution in [0.4, 0.5) is 16.0 Å². The normalized spacial score (nSPS) is 10.1. The molecule has 0 radical (unpaired) electrons. The summed E-state index contributed by atoms with van der Waals surface area (Å²) in [5, 5.41) is 2.61. The van der Waals surface area contributed by atoms with Gasteiger partial charge >= 0.3 is 0 Å². The Labute approximate surface area is 112 Å². The molecule has 2 aromatic rings. The van der Waals surface area contributed by atoms with Crippen molar-refractivity contribution in [1.29, 1.82) is 0 Å². The van der Waals surface area contributed by atoms with E-state index < -0.39 is 11.7 Å². The molecule has 0 spiro atoms. The molecule has 0 unspecified atom stereocenters. The van der Waals surface area contributed by atoms with Crippen LogP contribution in [0.2, 0.25) is 5.02 Å². The van der Waals surface area contributed by atoms with E-state index in [2.05, 4.69) is 20.7 Å². The highest BCUT2D eigenvalue weighted by molar-refractivity contribution is 6.34. The molecule has 2 aromatic heterocycles. The Bertz CT molecular complexity index is 605. The van der Waals surface area contributed by atoms with Gasteiger partial charge in [-0.2, -0.15) is 0 Å². The van der Waals surface area contributed by atoms with E-state index in [-0.39, 0.29) is 16.5 Å². The fourth-order valence-corrected chi connectivity index (χ4v) is 1.50. The van der Waals surface area contributed by atoms with E-state index in [1.165, 1.54) is 24.3 Å². The summed E-state index contributed by atoms with van der Waals surface area (Å²) in [5.74, 6) is 4.62. The van der Waals surface area contributed by atoms with Gasteiger partial charge in [0.1, 0.15) is 23.1 Å². The second-order valence-corrected chi connectivity index (χ2v) is 3.89. The summed E-state index contributed by atoms with van der Waals surface area (Å²) in [6.45, 7) is 0. The SMILES string of the molecule is NNc1ccc(Cl)c(C(=O)Nc2ccc(F)cn2)n1. The van der Waals surface area contributed by atoms with Crippen molar-refractivity contribution in [2.24, 2.45) is 5.84 Å². The first-order valence-corrected chi connectivity index (χ1v) is 5.54. The number of nitrogens with two attached hydrogens (primary N) is 1. The first-order valence-electron chi connectivity index (χ1n) is 5.16. The zero-order valence-electron chi connectivity index (χ0n) is 9.52. The van der Waals surface area contributed by atoms with Gasteiger partial charge in [-0.25, -0.2) is 20.2 Å². The third-order valence-electron chi connectivity index (χ3n) is 2.18. The predicted octanol–water partition coefficient (Wildman–Crippen LogP) is 1.81. The summed E-state index contributed by atoms with van der Waals surface area (Å²) < 4.78 is 12.7. The number of anilines is 2. The van der Waals surface area contributed by atoms with Crippen molar-refractivity contribution >= 4 is 29.1 Å². The molecule has 0 atom stereocenters. The van der Waals surface area contributed by atoms with Gasteiger partial charge < -0.3 is 10.7 Å². The lowest BCUT2D eigenvalue weighted by molar-refractivity contribution is 0.102. The van der Waals surface area contributed by atoms with Crippen molar-refractivity contribution in [2.45, 2.75) is 0 Å². The Morgan fingerprint density at radius 3 is 2.63 bits per heavy atom. The molecule has 0 aliphatic carbocycles. The van der Waals surface area contributed by atoms with Crippen LogP contribution >= 0.6 is 11.6 Å². The number of hydrogen-bond acceptors (Lipinski definition) is 5. The van der Waals surface area contributed by atoms with Gasteiger partial charge in [-0.1, -0.05) is 11.6 Å². The van der Waals surface area contributed by atoms with Crippen LogP contribution in [-0.4, -0.2) is 15.9 Å². The van der Waals surface area contributed by atoms with E-state index in [0.29, 0.717) is 5.82 Å². The number of amides is 1. The van der Waals surface area contributed by atoms with E-state index in [1.807, 2.05) is 0 Å². The lowest BCUT2D eigenvalue weighted by atomic mass is 10.3. The highest BCUT2D eigenvalue weighted by atomic mass is 35.5. The van der Waals surface area contributed by atoms with E-state index in [0.717, 1.165) is 6.20 Å². The summed E-state index contributed by atoms with van der Waals surface area (Å²) >= 11 is 5.87. The molecular formula is C11H9ClFN5O. The van der Waals surface area contributed by atoms with E-state index in [4.69, 9.17) is 17.4 Å². The van der Waals surface area contributed by atoms with Crippen molar-refractivity contribution in [3.05, 3.63) is 47.0 Å². The molecule has 0 saturated carbocycles. The van der Waals surface area contributed by atoms with Crippen LogP contribution < -0.4 is 16.6 Å². The van der Waals surface area contributed by atoms with Crippen molar-refractivity contribution in [3.63, 3.8) is 0 Å². The summed E-state index contributed by atoms with van der Waals surface area (Å²) in [4.78, 5) is 19.5. The van der Waals surface area contributed by atoms with E-state index >= 15 is 0 Å². The maximum absolute atomic E-state index is 12.7. The standard InChI is InChI=1S/C11H9ClFN5O/c12-7-2-4-9(18-14)16-10(7)11(19)17-8-3-1-6(13)5-15-8/h1-5H,14H2,(H,16,18)(H,15,17,19). The monoisotopic (exact) mass is 281 g/mol. The number of hydrazine groups is 1. The van der Waals surface area contributed by atoms with Crippen LogP contribution in [0, 0.1) is 5.82 Å². The maximum Gasteiger partial charge on any atom is 0.277 e. The highest BCUT2D eigenvalue weighted by Gasteiger charge is 2.13. The van der Waals surface area contributed by atoms with Gasteiger partial charge in [-0.3, -0.25) is 4.79 Å². The van der Waals surface area contributed by atoms with Gasteiger partial charge in [-0.15, -0.1) is 0 Å². The second-order valence-electron chi connectivity index (χ2n) is 3.49. The number of carbonyl (C=O) groups excluding carboxylic acids is 1. The number of rotatable bonds is 3. The third-order valence-corrected chi connectivity index (χ3v) is 2.48. The first-order chi connectivity index (χ1) is 9.10. The minimum absolute atomic E-state index is 0.0109. The summed E-state index contributed by atoms with van der Waals surface area (Å²) in [6, 6.07) is 5.51. The van der Waals surface area contributed by atoms with Crippen LogP contribution in [0.5, 0.6) is 0 Å². The minimum atomic E-state index is -0.568. The molecule has 8 heteroatoms. The highest BCUT2D eigenvalue weighted by Crippen LogP contribution is 2.17. The van der Waals surface area contributed by atoms with Crippen molar-refractivity contribution < 1.29 is 9.18 Å². The number of nitrogens with zero attached hydrogens (tertiary/aromatic N) is 2. The average molecular weight is 282 g/mol. The van der Waals surface area contributed by atoms with Gasteiger partial charge in [0.2, 0.25) is 0 Å². The van der Waals surface area contributed by atoms with Crippen molar-refractivity contribution in [2.75, 3.05) is 10.7 Å². The first kappa shape index (κ1) is 13.2. The van der Waals surface area contributed by atoms with Crippen LogP contribution in [0.3, 0.4) is 0 Å². The summed E-state index contributed by atoms with van der Waals surface area (Å²) in [5.41, 5.74) is 2.29. The van der Waals surface area contributed by atoms with Gasteiger partial charge in [0.05, 0.1) is 11.2 Å². The quantitative estimate of drug-likeness (QED) is 0.589. The number of nitrogen functional groups attached to an aromatic ring is 1. The minimum Gasteiger partial charge on any atom is -0.308 e. The summed E-state index contributed by atoms with van der Waals surface area (Å²) in [7, 11) is 0. The van der Waals surface area contributed by atoms with Crippen LogP contribution in [0.15, 0.2) is 30.5 Å². The average Bonchev–Trinajstić information content (AvgIpc) is 2.42. The fraction of sp³-hybridized carbons (Fsp3) is 0. The van der Waals surface area contributed by atoms with Crippen molar-refractivity contribution in [3.8, 4) is 0 Å². The molecule has 0 bridgehead atoms. The number of aromatic nitrogens is 2. The van der Waals surface area contributed by atoms with Crippen LogP contribution in [-0.2, 0) is 0 Å². The smallest absolute Gasteiger partial charge is 0.277 e. The van der Waals surface area contributed by atoms with Crippen LogP contribution in [0.25, 0.3) is 0 Å². The van der Waals surface area contributed by atoms with Gasteiger partial charge in [-0.05, 0) is 24.3 Å². The fourth-order valence-electron chi connectivity index (χ4n) is 1.31. The van der Waals surface area contributed by atoms with Gasteiger partial charge in [0, 0.05) is 0 Å². The van der Waals surface area contributed by atoms with E-state index in [1.54, 1.807) is 0 Å². The summed E-state index contributed by atoms with van der Waals surface area (Å²) in [6.07, 6.45) is 0.989. The predicted molar refractivity (Wildman–Crippen MR) is 69.2 cm³/mol. The topological polar surface area (TPSA) is 92.9 Å². The molecule has 0 saturated heterocycles. The molecule has 19 heavy (non-hydrogen) atoms. The molecule has 2 rings (SSSR count). The lowest BCUT2D eigenvalue weighted by Crippen LogP contribution is -2.17. The second kappa shape index (κ2) is 5.59. The number of carbonyl (C=O) groups is 1. The molecule has 4 N–H and O–H groups in total. The largest absolute Gasteiger partial charge is 0.308 e. The zero-order valence-corrected chi connectivity index (χ0v) is 10.3. The third kappa shape index (κ3) is 3.15. The number of halogens is 2. The molecule has 0 fully saturated rings. The Hall–Kier alpha value is -2.25. The molecule has 6 nitrogen and oxygen atoms in total. The van der Waals surface area contributed by atoms with Crippen LogP contribution in [0.1, 0.15) is 10.5 Å². The molecule has 2 heterocycles. The van der Waals surface area contributed by atoms with Gasteiger partial charge in [0.25, 0.3) is 5.91 Å². The number of nitrogens with one attached hydrogen (secondary N) is 2. The Morgan fingerprint density at radius 2 is 2.00 bits per heavy atom. The Kier molecular flexibility index (Phi) is 3.88. The Balaban J connectivity index is 2.22. The van der Waals surface area contributed by atoms with Crippen molar-refractivity contribution in [1.82, 2.24) is 9.97 Å². The Morgan fingerprint density at radius 1 is 1.26 bits per heavy atom. The molecule has 0 aliphatic rings. The zero-order chi connectivity index (χ0) is 13.8. The molecular weight excluding hydrogens is 273 g/mol. The van der Waals surface area contributed by atoms with E-state index in [9.17, 15) is 9.18 Å². The van der Waals surface area contributed by atoms with Gasteiger partial charge in [0.15, 0.2) is 0 Å². The molecule has 1 amide bonds. The molecule has 0 aromatic carbocycles. The molecule has 98 valence electrons. The number of hydrogen-bond donors (Lipinski definition) is 3. The lowest BCUT2D eigenvalue weighted by Gasteiger charge is -2.07. The number of pyridine rings is 2.